The van der Waals surface area contributed by atoms with Crippen LogP contribution in [0.3, 0.4) is 0 Å². The summed E-state index contributed by atoms with van der Waals surface area (Å²) in [5.41, 5.74) is 1.70. The van der Waals surface area contributed by atoms with Crippen LogP contribution >= 0.6 is 0 Å². The Bertz CT molecular complexity index is 703. The fourth-order valence-electron chi connectivity index (χ4n) is 4.24. The number of carboxylic acid groups (broad SMARTS) is 1. The molecule has 4 rings (SSSR count). The number of carbonyl (C=O) groups is 1. The van der Waals surface area contributed by atoms with Gasteiger partial charge in [-0.15, -0.1) is 0 Å². The lowest BCUT2D eigenvalue weighted by Crippen LogP contribution is -2.08. The molecule has 0 amide bonds. The van der Waals surface area contributed by atoms with Gasteiger partial charge in [0.15, 0.2) is 0 Å². The second kappa shape index (κ2) is 5.73. The second-order valence-electron chi connectivity index (χ2n) is 6.78. The summed E-state index contributed by atoms with van der Waals surface area (Å²) in [5.74, 6) is 3.09. The first kappa shape index (κ1) is 14.3. The van der Waals surface area contributed by atoms with Crippen molar-refractivity contribution in [1.29, 1.82) is 0 Å². The highest BCUT2D eigenvalue weighted by molar-refractivity contribution is 5.87. The molecule has 0 saturated heterocycles. The van der Waals surface area contributed by atoms with E-state index in [1.54, 1.807) is 24.3 Å². The van der Waals surface area contributed by atoms with Gasteiger partial charge in [-0.2, -0.15) is 0 Å². The summed E-state index contributed by atoms with van der Waals surface area (Å²) in [6.45, 7) is 0. The summed E-state index contributed by atoms with van der Waals surface area (Å²) in [7, 11) is 0. The molecule has 118 valence electrons. The highest BCUT2D eigenvalue weighted by atomic mass is 16.5. The van der Waals surface area contributed by atoms with Crippen LogP contribution in [0.15, 0.2) is 48.5 Å². The fourth-order valence-corrected chi connectivity index (χ4v) is 4.24. The van der Waals surface area contributed by atoms with Crippen LogP contribution < -0.4 is 4.74 Å². The van der Waals surface area contributed by atoms with Crippen molar-refractivity contribution in [2.75, 3.05) is 0 Å². The molecule has 0 heterocycles. The van der Waals surface area contributed by atoms with E-state index in [0.717, 1.165) is 23.5 Å². The zero-order valence-electron chi connectivity index (χ0n) is 12.9. The molecule has 3 unspecified atom stereocenters. The summed E-state index contributed by atoms with van der Waals surface area (Å²) in [5, 5.41) is 8.90. The van der Waals surface area contributed by atoms with E-state index >= 15 is 0 Å². The van der Waals surface area contributed by atoms with E-state index in [2.05, 4.69) is 12.1 Å². The average Bonchev–Trinajstić information content (AvgIpc) is 3.19. The van der Waals surface area contributed by atoms with Gasteiger partial charge in [-0.3, -0.25) is 0 Å². The molecule has 2 aliphatic rings. The molecule has 2 fully saturated rings. The van der Waals surface area contributed by atoms with Gasteiger partial charge in [-0.1, -0.05) is 18.6 Å². The topological polar surface area (TPSA) is 46.5 Å². The SMILES string of the molecule is O=C(O)c1ccc(Oc2ccc(C3CC4CCC3C4)cc2)cc1. The Hall–Kier alpha value is -2.29. The number of ether oxygens (including phenoxy) is 1. The summed E-state index contributed by atoms with van der Waals surface area (Å²) < 4.78 is 5.80. The summed E-state index contributed by atoms with van der Waals surface area (Å²) in [6.07, 6.45) is 5.58. The van der Waals surface area contributed by atoms with Crippen LogP contribution in [0.4, 0.5) is 0 Å². The minimum atomic E-state index is -0.924. The van der Waals surface area contributed by atoms with Crippen molar-refractivity contribution in [3.63, 3.8) is 0 Å². The first-order valence-electron chi connectivity index (χ1n) is 8.30. The summed E-state index contributed by atoms with van der Waals surface area (Å²) >= 11 is 0. The molecule has 3 heteroatoms. The lowest BCUT2D eigenvalue weighted by molar-refractivity contribution is 0.0697. The van der Waals surface area contributed by atoms with Crippen LogP contribution in [0.25, 0.3) is 0 Å². The molecular weight excluding hydrogens is 288 g/mol. The molecule has 0 aliphatic heterocycles. The smallest absolute Gasteiger partial charge is 0.335 e. The Kier molecular flexibility index (Phi) is 3.56. The number of carboxylic acids is 1. The molecule has 2 aliphatic carbocycles. The van der Waals surface area contributed by atoms with Crippen LogP contribution in [0.2, 0.25) is 0 Å². The monoisotopic (exact) mass is 308 g/mol. The molecule has 0 aromatic heterocycles. The Balaban J connectivity index is 1.45. The number of aromatic carboxylic acids is 1. The van der Waals surface area contributed by atoms with Crippen molar-refractivity contribution in [2.24, 2.45) is 11.8 Å². The molecule has 23 heavy (non-hydrogen) atoms. The van der Waals surface area contributed by atoms with Gasteiger partial charge >= 0.3 is 5.97 Å². The Morgan fingerprint density at radius 2 is 1.57 bits per heavy atom. The molecule has 2 bridgehead atoms. The first-order chi connectivity index (χ1) is 11.2. The van der Waals surface area contributed by atoms with Gasteiger partial charge in [0.05, 0.1) is 5.56 Å². The maximum Gasteiger partial charge on any atom is 0.335 e. The molecule has 2 aromatic rings. The zero-order valence-corrected chi connectivity index (χ0v) is 12.9. The van der Waals surface area contributed by atoms with Crippen molar-refractivity contribution in [1.82, 2.24) is 0 Å². The Morgan fingerprint density at radius 1 is 0.913 bits per heavy atom. The molecular formula is C20H20O3. The van der Waals surface area contributed by atoms with Gasteiger partial charge < -0.3 is 9.84 Å². The Labute approximate surface area is 135 Å². The Morgan fingerprint density at radius 3 is 2.09 bits per heavy atom. The maximum atomic E-state index is 10.8. The first-order valence-corrected chi connectivity index (χ1v) is 8.30. The second-order valence-corrected chi connectivity index (χ2v) is 6.78. The number of hydrogen-bond acceptors (Lipinski definition) is 2. The molecule has 2 aromatic carbocycles. The molecule has 1 N–H and O–H groups in total. The van der Waals surface area contributed by atoms with Gasteiger partial charge in [0, 0.05) is 0 Å². The van der Waals surface area contributed by atoms with Crippen LogP contribution in [0, 0.1) is 11.8 Å². The van der Waals surface area contributed by atoms with E-state index in [1.807, 2.05) is 12.1 Å². The molecule has 3 atom stereocenters. The van der Waals surface area contributed by atoms with Gasteiger partial charge in [0.2, 0.25) is 0 Å². The predicted octanol–water partition coefficient (Wildman–Crippen LogP) is 5.08. The number of rotatable bonds is 4. The quantitative estimate of drug-likeness (QED) is 0.856. The minimum Gasteiger partial charge on any atom is -0.478 e. The van der Waals surface area contributed by atoms with Gasteiger partial charge in [0.25, 0.3) is 0 Å². The number of hydrogen-bond donors (Lipinski definition) is 1. The average molecular weight is 308 g/mol. The summed E-state index contributed by atoms with van der Waals surface area (Å²) in [4.78, 5) is 10.8. The molecule has 0 spiro atoms. The lowest BCUT2D eigenvalue weighted by Gasteiger charge is -2.22. The summed E-state index contributed by atoms with van der Waals surface area (Å²) in [6, 6.07) is 14.9. The third-order valence-electron chi connectivity index (χ3n) is 5.38. The standard InChI is InChI=1S/C20H20O3/c21-20(22)15-5-9-18(10-6-15)23-17-7-3-14(4-8-17)19-12-13-1-2-16(19)11-13/h3-10,13,16,19H,1-2,11-12H2,(H,21,22). The third-order valence-corrected chi connectivity index (χ3v) is 5.38. The van der Waals surface area contributed by atoms with Crippen molar-refractivity contribution in [3.8, 4) is 11.5 Å². The van der Waals surface area contributed by atoms with Gasteiger partial charge in [0.1, 0.15) is 11.5 Å². The molecule has 2 saturated carbocycles. The third kappa shape index (κ3) is 2.83. The van der Waals surface area contributed by atoms with Crippen molar-refractivity contribution in [3.05, 3.63) is 59.7 Å². The minimum absolute atomic E-state index is 0.268. The van der Waals surface area contributed by atoms with Crippen LogP contribution in [-0.4, -0.2) is 11.1 Å². The van der Waals surface area contributed by atoms with E-state index in [-0.39, 0.29) is 5.56 Å². The van der Waals surface area contributed by atoms with Crippen LogP contribution in [0.1, 0.15) is 47.5 Å². The van der Waals surface area contributed by atoms with Crippen molar-refractivity contribution in [2.45, 2.75) is 31.6 Å². The predicted molar refractivity (Wildman–Crippen MR) is 88.1 cm³/mol. The fraction of sp³-hybridized carbons (Fsp3) is 0.350. The van der Waals surface area contributed by atoms with E-state index in [4.69, 9.17) is 9.84 Å². The van der Waals surface area contributed by atoms with E-state index in [0.29, 0.717) is 5.75 Å². The normalized spacial score (nSPS) is 25.5. The van der Waals surface area contributed by atoms with Crippen molar-refractivity contribution < 1.29 is 14.6 Å². The van der Waals surface area contributed by atoms with Crippen molar-refractivity contribution >= 4 is 5.97 Å². The maximum absolute atomic E-state index is 10.8. The number of benzene rings is 2. The lowest BCUT2D eigenvalue weighted by atomic mass is 9.83. The van der Waals surface area contributed by atoms with E-state index in [9.17, 15) is 4.79 Å². The highest BCUT2D eigenvalue weighted by Gasteiger charge is 2.39. The number of fused-ring (bicyclic) bond motifs is 2. The zero-order chi connectivity index (χ0) is 15.8. The van der Waals surface area contributed by atoms with Gasteiger partial charge in [-0.25, -0.2) is 4.79 Å². The van der Waals surface area contributed by atoms with E-state index in [1.165, 1.54) is 31.2 Å². The van der Waals surface area contributed by atoms with Crippen LogP contribution in [0.5, 0.6) is 11.5 Å². The van der Waals surface area contributed by atoms with E-state index < -0.39 is 5.97 Å². The van der Waals surface area contributed by atoms with Crippen LogP contribution in [-0.2, 0) is 0 Å². The molecule has 0 radical (unpaired) electrons. The van der Waals surface area contributed by atoms with Gasteiger partial charge in [-0.05, 0) is 79.0 Å². The largest absolute Gasteiger partial charge is 0.478 e. The molecule has 3 nitrogen and oxygen atoms in total. The highest BCUT2D eigenvalue weighted by Crippen LogP contribution is 2.52.